The molecule has 1 unspecified atom stereocenters. The van der Waals surface area contributed by atoms with Crippen molar-refractivity contribution in [3.8, 4) is 0 Å². The summed E-state index contributed by atoms with van der Waals surface area (Å²) in [5.74, 6) is -1.17. The quantitative estimate of drug-likeness (QED) is 0.680. The number of carbonyl (C=O) groups excluding carboxylic acids is 2. The van der Waals surface area contributed by atoms with E-state index >= 15 is 0 Å². The molecule has 1 heterocycles. The third kappa shape index (κ3) is 5.46. The molecule has 2 aromatic rings. The highest BCUT2D eigenvalue weighted by Gasteiger charge is 2.36. The molecular weight excluding hydrogens is 447 g/mol. The Labute approximate surface area is 183 Å². The molecule has 1 aliphatic heterocycles. The summed E-state index contributed by atoms with van der Waals surface area (Å²) in [6.07, 6.45) is -4.64. The summed E-state index contributed by atoms with van der Waals surface area (Å²) in [7, 11) is -4.34. The maximum Gasteiger partial charge on any atom is 0.402 e. The number of halogens is 3. The van der Waals surface area contributed by atoms with E-state index in [2.05, 4.69) is 5.32 Å². The van der Waals surface area contributed by atoms with Gasteiger partial charge in [0.25, 0.3) is 0 Å². The molecule has 1 saturated heterocycles. The van der Waals surface area contributed by atoms with Crippen molar-refractivity contribution in [1.29, 1.82) is 0 Å². The van der Waals surface area contributed by atoms with Crippen LogP contribution in [0.15, 0.2) is 47.4 Å². The van der Waals surface area contributed by atoms with Crippen molar-refractivity contribution in [1.82, 2.24) is 4.72 Å². The van der Waals surface area contributed by atoms with Gasteiger partial charge in [0, 0.05) is 24.3 Å². The zero-order chi connectivity index (χ0) is 23.7. The minimum absolute atomic E-state index is 0.0348. The first kappa shape index (κ1) is 23.7. The summed E-state index contributed by atoms with van der Waals surface area (Å²) in [5.41, 5.74) is 3.01. The molecular formula is C21H22F3N3O4S. The highest BCUT2D eigenvalue weighted by atomic mass is 32.2. The number of aryl methyl sites for hydroxylation is 1. The molecule has 0 bridgehead atoms. The Balaban J connectivity index is 1.65. The topological polar surface area (TPSA) is 95.6 Å². The minimum atomic E-state index is -4.68. The summed E-state index contributed by atoms with van der Waals surface area (Å²) >= 11 is 0. The van der Waals surface area contributed by atoms with Gasteiger partial charge in [-0.05, 0) is 55.3 Å². The molecule has 172 valence electrons. The van der Waals surface area contributed by atoms with E-state index in [-0.39, 0.29) is 29.5 Å². The van der Waals surface area contributed by atoms with Gasteiger partial charge in [-0.3, -0.25) is 9.59 Å². The lowest BCUT2D eigenvalue weighted by molar-refractivity contribution is -0.122. The molecule has 1 fully saturated rings. The SMILES string of the molecule is Cc1cccc(N2CC(C(=O)Nc3ccc(S(=O)(=O)NCC(F)(F)F)cc3)CC2=O)c1C. The molecule has 0 radical (unpaired) electrons. The fourth-order valence-electron chi connectivity index (χ4n) is 3.37. The number of benzene rings is 2. The van der Waals surface area contributed by atoms with Crippen molar-refractivity contribution in [2.45, 2.75) is 31.3 Å². The average Bonchev–Trinajstić information content (AvgIpc) is 3.10. The summed E-state index contributed by atoms with van der Waals surface area (Å²) in [6.45, 7) is 2.37. The zero-order valence-corrected chi connectivity index (χ0v) is 18.2. The van der Waals surface area contributed by atoms with Gasteiger partial charge in [0.05, 0.1) is 10.8 Å². The Kier molecular flexibility index (Phi) is 6.61. The molecule has 7 nitrogen and oxygen atoms in total. The van der Waals surface area contributed by atoms with Crippen molar-refractivity contribution in [2.75, 3.05) is 23.3 Å². The number of carbonyl (C=O) groups is 2. The lowest BCUT2D eigenvalue weighted by Crippen LogP contribution is -2.33. The first-order valence-corrected chi connectivity index (χ1v) is 11.2. The van der Waals surface area contributed by atoms with E-state index in [1.54, 1.807) is 4.90 Å². The standard InChI is InChI=1S/C21H22F3N3O4S/c1-13-4-3-5-18(14(13)2)27-11-15(10-19(27)28)20(29)26-16-6-8-17(9-7-16)32(30,31)25-12-21(22,23)24/h3-9,15,25H,10-12H2,1-2H3,(H,26,29). The van der Waals surface area contributed by atoms with Crippen molar-refractivity contribution >= 4 is 33.2 Å². The number of amides is 2. The molecule has 2 N–H and O–H groups in total. The second-order valence-electron chi connectivity index (χ2n) is 7.58. The number of hydrogen-bond donors (Lipinski definition) is 2. The number of rotatable bonds is 6. The summed E-state index contributed by atoms with van der Waals surface area (Å²) < 4.78 is 62.1. The average molecular weight is 469 g/mol. The lowest BCUT2D eigenvalue weighted by atomic mass is 10.1. The van der Waals surface area contributed by atoms with Crippen molar-refractivity contribution in [3.63, 3.8) is 0 Å². The molecule has 0 saturated carbocycles. The molecule has 0 aromatic heterocycles. The minimum Gasteiger partial charge on any atom is -0.326 e. The molecule has 2 amide bonds. The fraction of sp³-hybridized carbons (Fsp3) is 0.333. The van der Waals surface area contributed by atoms with Crippen molar-refractivity contribution in [3.05, 3.63) is 53.6 Å². The van der Waals surface area contributed by atoms with Crippen LogP contribution in [0.3, 0.4) is 0 Å². The Hall–Kier alpha value is -2.92. The number of nitrogens with zero attached hydrogens (tertiary/aromatic N) is 1. The molecule has 1 aliphatic rings. The van der Waals surface area contributed by atoms with Gasteiger partial charge in [0.15, 0.2) is 0 Å². The van der Waals surface area contributed by atoms with Gasteiger partial charge in [-0.1, -0.05) is 12.1 Å². The van der Waals surface area contributed by atoms with Gasteiger partial charge in [0.2, 0.25) is 21.8 Å². The number of sulfonamides is 1. The lowest BCUT2D eigenvalue weighted by Gasteiger charge is -2.20. The van der Waals surface area contributed by atoms with Crippen LogP contribution >= 0.6 is 0 Å². The normalized spacial score (nSPS) is 17.0. The van der Waals surface area contributed by atoms with Gasteiger partial charge in [-0.2, -0.15) is 13.2 Å². The van der Waals surface area contributed by atoms with Crippen LogP contribution in [0.4, 0.5) is 24.5 Å². The van der Waals surface area contributed by atoms with Crippen LogP contribution in [0.25, 0.3) is 0 Å². The van der Waals surface area contributed by atoms with Crippen molar-refractivity contribution in [2.24, 2.45) is 5.92 Å². The second kappa shape index (κ2) is 8.91. The highest BCUT2D eigenvalue weighted by molar-refractivity contribution is 7.89. The monoisotopic (exact) mass is 469 g/mol. The van der Waals surface area contributed by atoms with Gasteiger partial charge < -0.3 is 10.2 Å². The predicted octanol–water partition coefficient (Wildman–Crippen LogP) is 3.14. The Morgan fingerprint density at radius 3 is 2.41 bits per heavy atom. The molecule has 2 aromatic carbocycles. The van der Waals surface area contributed by atoms with Crippen LogP contribution in [0.5, 0.6) is 0 Å². The summed E-state index contributed by atoms with van der Waals surface area (Å²) in [5, 5.41) is 2.62. The molecule has 11 heteroatoms. The van der Waals surface area contributed by atoms with Crippen molar-refractivity contribution < 1.29 is 31.2 Å². The number of nitrogens with one attached hydrogen (secondary N) is 2. The van der Waals surface area contributed by atoms with Crippen LogP contribution in [-0.2, 0) is 19.6 Å². The summed E-state index contributed by atoms with van der Waals surface area (Å²) in [6, 6.07) is 10.3. The zero-order valence-electron chi connectivity index (χ0n) is 17.4. The van der Waals surface area contributed by atoms with Gasteiger partial charge >= 0.3 is 6.18 Å². The molecule has 3 rings (SSSR count). The fourth-order valence-corrected chi connectivity index (χ4v) is 4.38. The maximum atomic E-state index is 12.6. The largest absolute Gasteiger partial charge is 0.402 e. The van der Waals surface area contributed by atoms with E-state index < -0.39 is 34.6 Å². The predicted molar refractivity (Wildman–Crippen MR) is 113 cm³/mol. The highest BCUT2D eigenvalue weighted by Crippen LogP contribution is 2.30. The van der Waals surface area contributed by atoms with E-state index in [4.69, 9.17) is 0 Å². The Morgan fingerprint density at radius 1 is 1.12 bits per heavy atom. The maximum absolute atomic E-state index is 12.6. The van der Waals surface area contributed by atoms with Crippen LogP contribution in [-0.4, -0.2) is 39.5 Å². The number of anilines is 2. The van der Waals surface area contributed by atoms with E-state index in [1.165, 1.54) is 16.9 Å². The van der Waals surface area contributed by atoms with Gasteiger partial charge in [-0.25, -0.2) is 13.1 Å². The molecule has 0 aliphatic carbocycles. The van der Waals surface area contributed by atoms with Gasteiger partial charge in [0.1, 0.15) is 6.54 Å². The van der Waals surface area contributed by atoms with Gasteiger partial charge in [-0.15, -0.1) is 0 Å². The van der Waals surface area contributed by atoms with Crippen LogP contribution < -0.4 is 14.9 Å². The van der Waals surface area contributed by atoms with E-state index in [0.29, 0.717) is 0 Å². The third-order valence-electron chi connectivity index (χ3n) is 5.26. The van der Waals surface area contributed by atoms with E-state index in [0.717, 1.165) is 28.9 Å². The van der Waals surface area contributed by atoms with Crippen LogP contribution in [0, 0.1) is 19.8 Å². The molecule has 32 heavy (non-hydrogen) atoms. The van der Waals surface area contributed by atoms with Crippen LogP contribution in [0.1, 0.15) is 17.5 Å². The smallest absolute Gasteiger partial charge is 0.326 e. The number of alkyl halides is 3. The first-order valence-electron chi connectivity index (χ1n) is 9.71. The van der Waals surface area contributed by atoms with E-state index in [1.807, 2.05) is 32.0 Å². The van der Waals surface area contributed by atoms with Crippen LogP contribution in [0.2, 0.25) is 0 Å². The third-order valence-corrected chi connectivity index (χ3v) is 6.67. The number of hydrogen-bond acceptors (Lipinski definition) is 4. The Morgan fingerprint density at radius 2 is 1.78 bits per heavy atom. The molecule has 0 spiro atoms. The van der Waals surface area contributed by atoms with E-state index in [9.17, 15) is 31.2 Å². The molecule has 1 atom stereocenters. The second-order valence-corrected chi connectivity index (χ2v) is 9.34. The Bertz CT molecular complexity index is 1130. The summed E-state index contributed by atoms with van der Waals surface area (Å²) in [4.78, 5) is 26.3. The first-order chi connectivity index (χ1) is 14.9.